The highest BCUT2D eigenvalue weighted by molar-refractivity contribution is 7.09. The first kappa shape index (κ1) is 11.3. The van der Waals surface area contributed by atoms with Crippen LogP contribution in [0.4, 0.5) is 0 Å². The van der Waals surface area contributed by atoms with Crippen LogP contribution in [0.5, 0.6) is 0 Å². The number of nitrogens with zero attached hydrogens (tertiary/aromatic N) is 1. The van der Waals surface area contributed by atoms with Crippen molar-refractivity contribution in [2.45, 2.75) is 13.3 Å². The van der Waals surface area contributed by atoms with Gasteiger partial charge in [-0.15, -0.1) is 11.3 Å². The fourth-order valence-electron chi connectivity index (χ4n) is 1.48. The first-order valence-corrected chi connectivity index (χ1v) is 6.11. The molecule has 82 valence electrons. The molecule has 1 heterocycles. The van der Waals surface area contributed by atoms with Crippen molar-refractivity contribution in [2.24, 2.45) is 0 Å². The zero-order valence-electron chi connectivity index (χ0n) is 8.74. The minimum atomic E-state index is 0.0648. The van der Waals surface area contributed by atoms with Crippen molar-refractivity contribution in [3.05, 3.63) is 50.9 Å². The topological polar surface area (TPSA) is 30.0 Å². The van der Waals surface area contributed by atoms with Crippen molar-refractivity contribution in [2.75, 3.05) is 0 Å². The van der Waals surface area contributed by atoms with Crippen LogP contribution in [-0.4, -0.2) is 10.8 Å². The van der Waals surface area contributed by atoms with Gasteiger partial charge in [0, 0.05) is 22.2 Å². The number of hydrogen-bond donors (Lipinski definition) is 0. The molecule has 0 aliphatic carbocycles. The van der Waals surface area contributed by atoms with Gasteiger partial charge in [-0.2, -0.15) is 0 Å². The fraction of sp³-hybridized carbons (Fsp3) is 0.167. The predicted octanol–water partition coefficient (Wildman–Crippen LogP) is 3.53. The van der Waals surface area contributed by atoms with Gasteiger partial charge in [0.05, 0.1) is 6.42 Å². The molecule has 0 amide bonds. The zero-order valence-corrected chi connectivity index (χ0v) is 10.3. The molecule has 1 aromatic heterocycles. The van der Waals surface area contributed by atoms with Gasteiger partial charge in [-0.3, -0.25) is 4.79 Å². The molecule has 2 rings (SSSR count). The van der Waals surface area contributed by atoms with Gasteiger partial charge in [0.25, 0.3) is 0 Å². The molecule has 1 aromatic carbocycles. The molecule has 0 atom stereocenters. The SMILES string of the molecule is Cc1c(Cl)cccc1C(=O)Cc1nccs1. The number of ketones is 1. The first-order chi connectivity index (χ1) is 7.68. The van der Waals surface area contributed by atoms with Crippen LogP contribution in [0.2, 0.25) is 5.02 Å². The highest BCUT2D eigenvalue weighted by Crippen LogP contribution is 2.20. The molecular weight excluding hydrogens is 242 g/mol. The van der Waals surface area contributed by atoms with Crippen molar-refractivity contribution >= 4 is 28.7 Å². The second-order valence-corrected chi connectivity index (χ2v) is 4.82. The molecule has 0 fully saturated rings. The Morgan fingerprint density at radius 2 is 2.31 bits per heavy atom. The van der Waals surface area contributed by atoms with Crippen LogP contribution in [0.25, 0.3) is 0 Å². The molecule has 0 spiro atoms. The van der Waals surface area contributed by atoms with E-state index < -0.39 is 0 Å². The average molecular weight is 252 g/mol. The molecule has 0 unspecified atom stereocenters. The summed E-state index contributed by atoms with van der Waals surface area (Å²) in [5, 5.41) is 3.34. The van der Waals surface area contributed by atoms with Gasteiger partial charge in [0.1, 0.15) is 5.01 Å². The van der Waals surface area contributed by atoms with Gasteiger partial charge in [-0.05, 0) is 18.6 Å². The summed E-state index contributed by atoms with van der Waals surface area (Å²) < 4.78 is 0. The predicted molar refractivity (Wildman–Crippen MR) is 66.3 cm³/mol. The largest absolute Gasteiger partial charge is 0.294 e. The molecule has 2 nitrogen and oxygen atoms in total. The number of hydrogen-bond acceptors (Lipinski definition) is 3. The molecule has 0 aliphatic rings. The number of rotatable bonds is 3. The summed E-state index contributed by atoms with van der Waals surface area (Å²) in [4.78, 5) is 16.1. The van der Waals surface area contributed by atoms with Crippen LogP contribution in [0.3, 0.4) is 0 Å². The lowest BCUT2D eigenvalue weighted by Gasteiger charge is -2.04. The summed E-state index contributed by atoms with van der Waals surface area (Å²) in [6, 6.07) is 5.39. The highest BCUT2D eigenvalue weighted by atomic mass is 35.5. The first-order valence-electron chi connectivity index (χ1n) is 4.85. The number of Topliss-reactive ketones (excluding diaryl/α,β-unsaturated/α-hetero) is 1. The Bertz CT molecular complexity index is 508. The van der Waals surface area contributed by atoms with E-state index in [9.17, 15) is 4.79 Å². The summed E-state index contributed by atoms with van der Waals surface area (Å²) in [5.74, 6) is 0.0648. The molecule has 4 heteroatoms. The third kappa shape index (κ3) is 2.31. The smallest absolute Gasteiger partial charge is 0.169 e. The van der Waals surface area contributed by atoms with E-state index in [2.05, 4.69) is 4.98 Å². The molecule has 0 aliphatic heterocycles. The van der Waals surface area contributed by atoms with E-state index in [0.717, 1.165) is 10.6 Å². The maximum atomic E-state index is 12.0. The molecule has 0 radical (unpaired) electrons. The Labute approximate surface area is 103 Å². The minimum Gasteiger partial charge on any atom is -0.294 e. The van der Waals surface area contributed by atoms with E-state index in [1.807, 2.05) is 12.3 Å². The Balaban J connectivity index is 2.24. The van der Waals surface area contributed by atoms with Crippen molar-refractivity contribution < 1.29 is 4.79 Å². The molecular formula is C12H10ClNOS. The summed E-state index contributed by atoms with van der Waals surface area (Å²) in [7, 11) is 0. The second kappa shape index (κ2) is 4.76. The van der Waals surface area contributed by atoms with E-state index in [0.29, 0.717) is 17.0 Å². The van der Waals surface area contributed by atoms with Gasteiger partial charge in [-0.25, -0.2) is 4.98 Å². The van der Waals surface area contributed by atoms with Crippen LogP contribution in [0, 0.1) is 6.92 Å². The van der Waals surface area contributed by atoms with E-state index in [4.69, 9.17) is 11.6 Å². The van der Waals surface area contributed by atoms with Gasteiger partial charge < -0.3 is 0 Å². The quantitative estimate of drug-likeness (QED) is 0.781. The molecule has 2 aromatic rings. The number of halogens is 1. The normalized spacial score (nSPS) is 10.4. The van der Waals surface area contributed by atoms with Crippen LogP contribution < -0.4 is 0 Å². The van der Waals surface area contributed by atoms with Gasteiger partial charge >= 0.3 is 0 Å². The molecule has 0 N–H and O–H groups in total. The van der Waals surface area contributed by atoms with Gasteiger partial charge in [-0.1, -0.05) is 23.7 Å². The van der Waals surface area contributed by atoms with Crippen molar-refractivity contribution in [3.63, 3.8) is 0 Å². The molecule has 0 bridgehead atoms. The Morgan fingerprint density at radius 3 is 3.00 bits per heavy atom. The number of carbonyl (C=O) groups is 1. The van der Waals surface area contributed by atoms with Crippen molar-refractivity contribution in [1.82, 2.24) is 4.98 Å². The Kier molecular flexibility index (Phi) is 3.36. The van der Waals surface area contributed by atoms with Crippen LogP contribution >= 0.6 is 22.9 Å². The molecule has 0 saturated heterocycles. The van der Waals surface area contributed by atoms with Gasteiger partial charge in [0.2, 0.25) is 0 Å². The number of thiazole rings is 1. The number of benzene rings is 1. The monoisotopic (exact) mass is 251 g/mol. The molecule has 16 heavy (non-hydrogen) atoms. The fourth-order valence-corrected chi connectivity index (χ4v) is 2.27. The second-order valence-electron chi connectivity index (χ2n) is 3.44. The maximum Gasteiger partial charge on any atom is 0.169 e. The maximum absolute atomic E-state index is 12.0. The van der Waals surface area contributed by atoms with Crippen molar-refractivity contribution in [3.8, 4) is 0 Å². The number of carbonyl (C=O) groups excluding carboxylic acids is 1. The van der Waals surface area contributed by atoms with E-state index in [1.54, 1.807) is 24.4 Å². The summed E-state index contributed by atoms with van der Waals surface area (Å²) >= 11 is 7.47. The van der Waals surface area contributed by atoms with Gasteiger partial charge in [0.15, 0.2) is 5.78 Å². The zero-order chi connectivity index (χ0) is 11.5. The van der Waals surface area contributed by atoms with E-state index >= 15 is 0 Å². The third-order valence-corrected chi connectivity index (χ3v) is 3.55. The van der Waals surface area contributed by atoms with Crippen LogP contribution in [-0.2, 0) is 6.42 Å². The summed E-state index contributed by atoms with van der Waals surface area (Å²) in [5.41, 5.74) is 1.52. The summed E-state index contributed by atoms with van der Waals surface area (Å²) in [6.07, 6.45) is 2.05. The third-order valence-electron chi connectivity index (χ3n) is 2.36. The average Bonchev–Trinajstić information content (AvgIpc) is 2.74. The lowest BCUT2D eigenvalue weighted by atomic mass is 10.0. The Morgan fingerprint density at radius 1 is 1.50 bits per heavy atom. The molecule has 0 saturated carbocycles. The minimum absolute atomic E-state index is 0.0648. The standard InChI is InChI=1S/C12H10ClNOS/c1-8-9(3-2-4-10(8)13)11(15)7-12-14-5-6-16-12/h2-6H,7H2,1H3. The Hall–Kier alpha value is -1.19. The number of aromatic nitrogens is 1. The lowest BCUT2D eigenvalue weighted by Crippen LogP contribution is -2.05. The van der Waals surface area contributed by atoms with Crippen LogP contribution in [0.15, 0.2) is 29.8 Å². The lowest BCUT2D eigenvalue weighted by molar-refractivity contribution is 0.0992. The van der Waals surface area contributed by atoms with E-state index in [-0.39, 0.29) is 5.78 Å². The van der Waals surface area contributed by atoms with Crippen LogP contribution in [0.1, 0.15) is 20.9 Å². The summed E-state index contributed by atoms with van der Waals surface area (Å²) in [6.45, 7) is 1.86. The highest BCUT2D eigenvalue weighted by Gasteiger charge is 2.12. The van der Waals surface area contributed by atoms with E-state index in [1.165, 1.54) is 11.3 Å². The van der Waals surface area contributed by atoms with Crippen molar-refractivity contribution in [1.29, 1.82) is 0 Å².